The van der Waals surface area contributed by atoms with Crippen LogP contribution >= 0.6 is 0 Å². The minimum atomic E-state index is -0.750. The number of terminal acetylenes is 1. The molecule has 78 valence electrons. The minimum Gasteiger partial charge on any atom is -0.481 e. The number of rotatable bonds is 4. The number of unbranched alkanes of at least 4 members (excludes halogenated alkanes) is 1. The molecule has 0 aromatic rings. The molecule has 14 heavy (non-hydrogen) atoms. The summed E-state index contributed by atoms with van der Waals surface area (Å²) < 4.78 is 5.33. The summed E-state index contributed by atoms with van der Waals surface area (Å²) in [6, 6.07) is 0. The molecule has 0 aromatic heterocycles. The summed E-state index contributed by atoms with van der Waals surface area (Å²) in [5.41, 5.74) is -0.698. The molecule has 3 heteroatoms. The number of hydrogen-bond acceptors (Lipinski definition) is 2. The zero-order valence-corrected chi connectivity index (χ0v) is 8.45. The fourth-order valence-electron chi connectivity index (χ4n) is 2.00. The smallest absolute Gasteiger partial charge is 0.312 e. The van der Waals surface area contributed by atoms with Crippen molar-refractivity contribution in [2.75, 3.05) is 6.61 Å². The Hall–Kier alpha value is -1.01. The molecule has 3 nitrogen and oxygen atoms in total. The van der Waals surface area contributed by atoms with Crippen LogP contribution < -0.4 is 0 Å². The van der Waals surface area contributed by atoms with Crippen molar-refractivity contribution in [1.82, 2.24) is 0 Å². The predicted molar refractivity (Wildman–Crippen MR) is 52.8 cm³/mol. The highest BCUT2D eigenvalue weighted by molar-refractivity contribution is 5.75. The standard InChI is InChI=1S/C11H16O3/c1-3-4-5-6-11(10(12)13)7-8-14-9(11)2/h1,9H,4-8H2,2H3,(H,12,13). The second-order valence-electron chi connectivity index (χ2n) is 3.78. The molecule has 0 spiro atoms. The lowest BCUT2D eigenvalue weighted by Crippen LogP contribution is -2.37. The Morgan fingerprint density at radius 3 is 2.93 bits per heavy atom. The number of aliphatic carboxylic acids is 1. The van der Waals surface area contributed by atoms with E-state index >= 15 is 0 Å². The van der Waals surface area contributed by atoms with Gasteiger partial charge in [0.25, 0.3) is 0 Å². The van der Waals surface area contributed by atoms with Crippen LogP contribution in [0.15, 0.2) is 0 Å². The lowest BCUT2D eigenvalue weighted by atomic mass is 9.77. The third-order valence-corrected chi connectivity index (χ3v) is 3.06. The molecule has 1 rings (SSSR count). The summed E-state index contributed by atoms with van der Waals surface area (Å²) in [5, 5.41) is 9.20. The lowest BCUT2D eigenvalue weighted by molar-refractivity contribution is -0.152. The SMILES string of the molecule is C#CCCCC1(C(=O)O)CCOC1C. The molecular weight excluding hydrogens is 180 g/mol. The quantitative estimate of drug-likeness (QED) is 0.549. The van der Waals surface area contributed by atoms with E-state index in [9.17, 15) is 9.90 Å². The van der Waals surface area contributed by atoms with Crippen LogP contribution in [0.25, 0.3) is 0 Å². The average molecular weight is 196 g/mol. The van der Waals surface area contributed by atoms with Crippen LogP contribution in [-0.2, 0) is 9.53 Å². The Morgan fingerprint density at radius 2 is 2.50 bits per heavy atom. The van der Waals surface area contributed by atoms with E-state index in [-0.39, 0.29) is 6.10 Å². The van der Waals surface area contributed by atoms with Gasteiger partial charge in [-0.3, -0.25) is 4.79 Å². The van der Waals surface area contributed by atoms with Crippen LogP contribution in [0.5, 0.6) is 0 Å². The normalized spacial score (nSPS) is 31.3. The van der Waals surface area contributed by atoms with Crippen molar-refractivity contribution in [2.45, 2.75) is 38.7 Å². The van der Waals surface area contributed by atoms with Crippen molar-refractivity contribution in [3.8, 4) is 12.3 Å². The molecule has 0 amide bonds. The van der Waals surface area contributed by atoms with Gasteiger partial charge in [0, 0.05) is 13.0 Å². The van der Waals surface area contributed by atoms with Gasteiger partial charge < -0.3 is 9.84 Å². The van der Waals surface area contributed by atoms with Gasteiger partial charge in [0.1, 0.15) is 0 Å². The number of carboxylic acid groups (broad SMARTS) is 1. The van der Waals surface area contributed by atoms with Crippen LogP contribution in [0.1, 0.15) is 32.6 Å². The van der Waals surface area contributed by atoms with Crippen LogP contribution in [-0.4, -0.2) is 23.8 Å². The van der Waals surface area contributed by atoms with Gasteiger partial charge in [-0.05, 0) is 26.2 Å². The Kier molecular flexibility index (Phi) is 3.54. The number of carbonyl (C=O) groups is 1. The van der Waals surface area contributed by atoms with E-state index in [4.69, 9.17) is 11.2 Å². The molecule has 1 fully saturated rings. The maximum absolute atomic E-state index is 11.2. The van der Waals surface area contributed by atoms with Crippen molar-refractivity contribution in [3.05, 3.63) is 0 Å². The summed E-state index contributed by atoms with van der Waals surface area (Å²) in [6.45, 7) is 2.38. The first-order chi connectivity index (χ1) is 6.63. The Balaban J connectivity index is 2.63. The maximum Gasteiger partial charge on any atom is 0.312 e. The largest absolute Gasteiger partial charge is 0.481 e. The van der Waals surface area contributed by atoms with Gasteiger partial charge >= 0.3 is 5.97 Å². The van der Waals surface area contributed by atoms with E-state index in [1.807, 2.05) is 6.92 Å². The van der Waals surface area contributed by atoms with Gasteiger partial charge in [0.05, 0.1) is 11.5 Å². The third kappa shape index (κ3) is 1.91. The maximum atomic E-state index is 11.2. The zero-order chi connectivity index (χ0) is 10.6. The Labute approximate surface area is 84.5 Å². The topological polar surface area (TPSA) is 46.5 Å². The fraction of sp³-hybridized carbons (Fsp3) is 0.727. The van der Waals surface area contributed by atoms with E-state index in [1.165, 1.54) is 0 Å². The second-order valence-corrected chi connectivity index (χ2v) is 3.78. The highest BCUT2D eigenvalue weighted by Gasteiger charge is 2.47. The van der Waals surface area contributed by atoms with Gasteiger partial charge in [-0.25, -0.2) is 0 Å². The van der Waals surface area contributed by atoms with E-state index in [2.05, 4.69) is 5.92 Å². The summed E-state index contributed by atoms with van der Waals surface area (Å²) in [5.74, 6) is 1.78. The lowest BCUT2D eigenvalue weighted by Gasteiger charge is -2.26. The van der Waals surface area contributed by atoms with Crippen LogP contribution in [0, 0.1) is 17.8 Å². The summed E-state index contributed by atoms with van der Waals surface area (Å²) in [7, 11) is 0. The molecule has 0 bridgehead atoms. The molecular formula is C11H16O3. The molecule has 1 saturated heterocycles. The molecule has 1 aliphatic heterocycles. The van der Waals surface area contributed by atoms with Gasteiger partial charge in [-0.15, -0.1) is 12.3 Å². The van der Waals surface area contributed by atoms with Crippen molar-refractivity contribution < 1.29 is 14.6 Å². The Bertz CT molecular complexity index is 254. The first-order valence-electron chi connectivity index (χ1n) is 4.92. The zero-order valence-electron chi connectivity index (χ0n) is 8.45. The van der Waals surface area contributed by atoms with Crippen molar-refractivity contribution >= 4 is 5.97 Å². The van der Waals surface area contributed by atoms with E-state index < -0.39 is 11.4 Å². The van der Waals surface area contributed by atoms with Gasteiger partial charge in [-0.2, -0.15) is 0 Å². The third-order valence-electron chi connectivity index (χ3n) is 3.06. The highest BCUT2D eigenvalue weighted by atomic mass is 16.5. The summed E-state index contributed by atoms with van der Waals surface area (Å²) in [6.07, 6.45) is 7.57. The number of ether oxygens (including phenoxy) is 1. The van der Waals surface area contributed by atoms with Crippen LogP contribution in [0.4, 0.5) is 0 Å². The van der Waals surface area contributed by atoms with E-state index in [1.54, 1.807) is 0 Å². The van der Waals surface area contributed by atoms with E-state index in [0.717, 1.165) is 6.42 Å². The first-order valence-corrected chi connectivity index (χ1v) is 4.92. The number of carboxylic acids is 1. The van der Waals surface area contributed by atoms with Gasteiger partial charge in [0.15, 0.2) is 0 Å². The monoisotopic (exact) mass is 196 g/mol. The molecule has 0 saturated carbocycles. The second kappa shape index (κ2) is 4.47. The molecule has 2 atom stereocenters. The molecule has 0 aromatic carbocycles. The first kappa shape index (κ1) is 11.1. The fourth-order valence-corrected chi connectivity index (χ4v) is 2.00. The molecule has 0 aliphatic carbocycles. The van der Waals surface area contributed by atoms with Crippen molar-refractivity contribution in [1.29, 1.82) is 0 Å². The molecule has 0 radical (unpaired) electrons. The Morgan fingerprint density at radius 1 is 1.79 bits per heavy atom. The molecule has 2 unspecified atom stereocenters. The molecule has 1 aliphatic rings. The van der Waals surface area contributed by atoms with Gasteiger partial charge in [0.2, 0.25) is 0 Å². The minimum absolute atomic E-state index is 0.197. The highest BCUT2D eigenvalue weighted by Crippen LogP contribution is 2.39. The van der Waals surface area contributed by atoms with Crippen LogP contribution in [0.3, 0.4) is 0 Å². The van der Waals surface area contributed by atoms with Crippen molar-refractivity contribution in [2.24, 2.45) is 5.41 Å². The van der Waals surface area contributed by atoms with E-state index in [0.29, 0.717) is 25.9 Å². The van der Waals surface area contributed by atoms with Crippen LogP contribution in [0.2, 0.25) is 0 Å². The van der Waals surface area contributed by atoms with Gasteiger partial charge in [-0.1, -0.05) is 0 Å². The average Bonchev–Trinajstić information content (AvgIpc) is 2.49. The predicted octanol–water partition coefficient (Wildman–Crippen LogP) is 1.67. The molecule has 1 N–H and O–H groups in total. The number of hydrogen-bond donors (Lipinski definition) is 1. The summed E-state index contributed by atoms with van der Waals surface area (Å²) in [4.78, 5) is 11.2. The summed E-state index contributed by atoms with van der Waals surface area (Å²) >= 11 is 0. The van der Waals surface area contributed by atoms with Crippen molar-refractivity contribution in [3.63, 3.8) is 0 Å². The molecule has 1 heterocycles.